The quantitative estimate of drug-likeness (QED) is 0.891. The summed E-state index contributed by atoms with van der Waals surface area (Å²) in [5.74, 6) is 0.925. The van der Waals surface area contributed by atoms with Crippen LogP contribution in [0.4, 0.5) is 0 Å². The lowest BCUT2D eigenvalue weighted by Crippen LogP contribution is -2.15. The van der Waals surface area contributed by atoms with E-state index in [-0.39, 0.29) is 12.1 Å². The molecule has 19 heavy (non-hydrogen) atoms. The molecule has 0 radical (unpaired) electrons. The molecule has 0 spiro atoms. The van der Waals surface area contributed by atoms with Gasteiger partial charge < -0.3 is 14.9 Å². The number of aliphatic hydroxyl groups excluding tert-OH is 1. The molecule has 2 heterocycles. The zero-order chi connectivity index (χ0) is 13.4. The first kappa shape index (κ1) is 12.9. The lowest BCUT2D eigenvalue weighted by molar-refractivity contribution is 0.191. The molecule has 0 saturated carbocycles. The molecule has 3 rings (SSSR count). The van der Waals surface area contributed by atoms with Crippen LogP contribution in [0, 0.1) is 0 Å². The molecule has 0 amide bonds. The summed E-state index contributed by atoms with van der Waals surface area (Å²) in [6.45, 7) is 0.537. The van der Waals surface area contributed by atoms with Gasteiger partial charge in [-0.15, -0.1) is 0 Å². The Bertz CT molecular complexity index is 602. The second-order valence-corrected chi connectivity index (χ2v) is 5.25. The van der Waals surface area contributed by atoms with Gasteiger partial charge in [0.2, 0.25) is 11.7 Å². The summed E-state index contributed by atoms with van der Waals surface area (Å²) in [6, 6.07) is 5.06. The minimum atomic E-state index is -0.370. The average Bonchev–Trinajstić information content (AvgIpc) is 3.01. The maximum Gasteiger partial charge on any atom is 0.244 e. The Morgan fingerprint density at radius 3 is 2.84 bits per heavy atom. The number of rotatable bonds is 2. The molecule has 1 aliphatic heterocycles. The number of nitrogens with zero attached hydrogens (tertiary/aromatic N) is 2. The van der Waals surface area contributed by atoms with Crippen LogP contribution in [0.3, 0.4) is 0 Å². The van der Waals surface area contributed by atoms with Crippen LogP contribution in [-0.4, -0.2) is 27.9 Å². The molecule has 1 saturated heterocycles. The monoisotopic (exact) mass is 299 g/mol. The van der Waals surface area contributed by atoms with Crippen LogP contribution in [0.25, 0.3) is 11.4 Å². The molecular formula is C12H11Cl2N3O2. The third kappa shape index (κ3) is 2.60. The topological polar surface area (TPSA) is 71.2 Å². The van der Waals surface area contributed by atoms with Crippen molar-refractivity contribution < 1.29 is 9.63 Å². The van der Waals surface area contributed by atoms with E-state index in [1.807, 2.05) is 0 Å². The summed E-state index contributed by atoms with van der Waals surface area (Å²) in [5, 5.41) is 17.4. The van der Waals surface area contributed by atoms with Crippen LogP contribution in [-0.2, 0) is 0 Å². The fraction of sp³-hybridized carbons (Fsp3) is 0.333. The highest BCUT2D eigenvalue weighted by molar-refractivity contribution is 6.42. The van der Waals surface area contributed by atoms with Crippen molar-refractivity contribution >= 4 is 23.2 Å². The van der Waals surface area contributed by atoms with Gasteiger partial charge in [0, 0.05) is 12.1 Å². The summed E-state index contributed by atoms with van der Waals surface area (Å²) in [7, 11) is 0. The molecule has 5 nitrogen and oxygen atoms in total. The minimum absolute atomic E-state index is 0.0981. The molecule has 2 atom stereocenters. The molecule has 100 valence electrons. The molecule has 2 unspecified atom stereocenters. The Morgan fingerprint density at radius 2 is 2.16 bits per heavy atom. The maximum absolute atomic E-state index is 9.47. The Balaban J connectivity index is 1.86. The molecule has 7 heteroatoms. The molecule has 1 fully saturated rings. The Hall–Kier alpha value is -1.14. The van der Waals surface area contributed by atoms with E-state index in [2.05, 4.69) is 15.5 Å². The lowest BCUT2D eigenvalue weighted by Gasteiger charge is -2.01. The van der Waals surface area contributed by atoms with E-state index in [1.54, 1.807) is 18.2 Å². The number of nitrogens with one attached hydrogen (secondary N) is 1. The largest absolute Gasteiger partial charge is 0.392 e. The second-order valence-electron chi connectivity index (χ2n) is 4.44. The van der Waals surface area contributed by atoms with Gasteiger partial charge in [0.25, 0.3) is 0 Å². The highest BCUT2D eigenvalue weighted by Crippen LogP contribution is 2.28. The van der Waals surface area contributed by atoms with Crippen LogP contribution in [0.15, 0.2) is 22.7 Å². The SMILES string of the molecule is OC1CNC(c2nc(-c3ccc(Cl)c(Cl)c3)no2)C1. The van der Waals surface area contributed by atoms with Crippen molar-refractivity contribution in [1.29, 1.82) is 0 Å². The standard InChI is InChI=1S/C12H11Cl2N3O2/c13-8-2-1-6(3-9(8)14)11-16-12(19-17-11)10-4-7(18)5-15-10/h1-3,7,10,15,18H,4-5H2. The van der Waals surface area contributed by atoms with Crippen molar-refractivity contribution in [2.45, 2.75) is 18.6 Å². The van der Waals surface area contributed by atoms with Crippen molar-refractivity contribution in [2.75, 3.05) is 6.54 Å². The van der Waals surface area contributed by atoms with Gasteiger partial charge in [-0.2, -0.15) is 4.98 Å². The molecule has 1 aromatic carbocycles. The number of β-amino-alcohol motifs (C(OH)–C–C–N with tert-alkyl or cyclic N) is 1. The van der Waals surface area contributed by atoms with Crippen molar-refractivity contribution in [3.05, 3.63) is 34.1 Å². The number of hydrogen-bond acceptors (Lipinski definition) is 5. The van der Waals surface area contributed by atoms with Gasteiger partial charge in [-0.05, 0) is 24.6 Å². The van der Waals surface area contributed by atoms with Crippen molar-refractivity contribution in [2.24, 2.45) is 0 Å². The first-order valence-corrected chi connectivity index (χ1v) is 6.59. The second kappa shape index (κ2) is 5.09. The normalized spacial score (nSPS) is 22.9. The van der Waals surface area contributed by atoms with E-state index in [4.69, 9.17) is 27.7 Å². The molecule has 0 bridgehead atoms. The summed E-state index contributed by atoms with van der Waals surface area (Å²) in [4.78, 5) is 4.31. The number of benzene rings is 1. The van der Waals surface area contributed by atoms with Crippen molar-refractivity contribution in [1.82, 2.24) is 15.5 Å². The number of aliphatic hydroxyl groups is 1. The highest BCUT2D eigenvalue weighted by Gasteiger charge is 2.28. The summed E-state index contributed by atoms with van der Waals surface area (Å²) < 4.78 is 5.21. The Labute approximate surface area is 119 Å². The van der Waals surface area contributed by atoms with Crippen molar-refractivity contribution in [3.8, 4) is 11.4 Å². The van der Waals surface area contributed by atoms with E-state index in [0.29, 0.717) is 34.7 Å². The Morgan fingerprint density at radius 1 is 1.32 bits per heavy atom. The predicted molar refractivity (Wildman–Crippen MR) is 71.1 cm³/mol. The fourth-order valence-corrected chi connectivity index (χ4v) is 2.33. The number of hydrogen-bond donors (Lipinski definition) is 2. The molecule has 0 aliphatic carbocycles. The summed E-state index contributed by atoms with van der Waals surface area (Å²) in [6.07, 6.45) is 0.202. The van der Waals surface area contributed by atoms with Gasteiger partial charge in [0.15, 0.2) is 0 Å². The molecule has 2 aromatic rings. The molecular weight excluding hydrogens is 289 g/mol. The highest BCUT2D eigenvalue weighted by atomic mass is 35.5. The van der Waals surface area contributed by atoms with Gasteiger partial charge in [-0.3, -0.25) is 0 Å². The van der Waals surface area contributed by atoms with Gasteiger partial charge >= 0.3 is 0 Å². The van der Waals surface area contributed by atoms with Crippen LogP contribution in [0.2, 0.25) is 10.0 Å². The van der Waals surface area contributed by atoms with E-state index < -0.39 is 0 Å². The van der Waals surface area contributed by atoms with Gasteiger partial charge in [0.05, 0.1) is 22.2 Å². The van der Waals surface area contributed by atoms with Gasteiger partial charge in [-0.1, -0.05) is 28.4 Å². The molecule has 2 N–H and O–H groups in total. The first-order chi connectivity index (χ1) is 9.13. The summed E-state index contributed by atoms with van der Waals surface area (Å²) >= 11 is 11.8. The molecule has 1 aromatic heterocycles. The maximum atomic E-state index is 9.47. The smallest absolute Gasteiger partial charge is 0.244 e. The van der Waals surface area contributed by atoms with Gasteiger partial charge in [-0.25, -0.2) is 0 Å². The van der Waals surface area contributed by atoms with E-state index in [1.165, 1.54) is 0 Å². The van der Waals surface area contributed by atoms with E-state index >= 15 is 0 Å². The van der Waals surface area contributed by atoms with Crippen LogP contribution in [0.1, 0.15) is 18.4 Å². The predicted octanol–water partition coefficient (Wildman–Crippen LogP) is 2.44. The van der Waals surface area contributed by atoms with Gasteiger partial charge in [0.1, 0.15) is 0 Å². The van der Waals surface area contributed by atoms with Crippen LogP contribution < -0.4 is 5.32 Å². The lowest BCUT2D eigenvalue weighted by atomic mass is 10.2. The third-order valence-electron chi connectivity index (χ3n) is 3.03. The summed E-state index contributed by atoms with van der Waals surface area (Å²) in [5.41, 5.74) is 0.739. The Kier molecular flexibility index (Phi) is 3.45. The first-order valence-electron chi connectivity index (χ1n) is 5.84. The fourth-order valence-electron chi connectivity index (χ4n) is 2.03. The number of aromatic nitrogens is 2. The minimum Gasteiger partial charge on any atom is -0.392 e. The zero-order valence-electron chi connectivity index (χ0n) is 9.81. The van der Waals surface area contributed by atoms with E-state index in [0.717, 1.165) is 5.56 Å². The average molecular weight is 300 g/mol. The third-order valence-corrected chi connectivity index (χ3v) is 3.76. The number of halogens is 2. The van der Waals surface area contributed by atoms with Crippen LogP contribution in [0.5, 0.6) is 0 Å². The van der Waals surface area contributed by atoms with Crippen LogP contribution >= 0.6 is 23.2 Å². The van der Waals surface area contributed by atoms with Crippen molar-refractivity contribution in [3.63, 3.8) is 0 Å². The van der Waals surface area contributed by atoms with E-state index in [9.17, 15) is 5.11 Å². The molecule has 1 aliphatic rings. The zero-order valence-corrected chi connectivity index (χ0v) is 11.3.